The number of quaternary nitrogens is 1. The first-order valence-electron chi connectivity index (χ1n) is 32.6. The number of rotatable bonds is 57. The van der Waals surface area contributed by atoms with Crippen LogP contribution in [0.2, 0.25) is 0 Å². The third kappa shape index (κ3) is 65.5. The first-order chi connectivity index (χ1) is 41.6. The van der Waals surface area contributed by atoms with Gasteiger partial charge in [-0.3, -0.25) is 9.59 Å². The van der Waals surface area contributed by atoms with Crippen molar-refractivity contribution >= 4 is 17.9 Å². The smallest absolute Gasteiger partial charge is 0.306 e. The van der Waals surface area contributed by atoms with Crippen LogP contribution >= 0.6 is 0 Å². The molecule has 0 aliphatic carbocycles. The second-order valence-electron chi connectivity index (χ2n) is 21.9. The number of hydrogen-bond donors (Lipinski definition) is 0. The summed E-state index contributed by atoms with van der Waals surface area (Å²) in [7, 11) is 5.89. The fourth-order valence-corrected chi connectivity index (χ4v) is 7.94. The number of carboxylic acids is 1. The van der Waals surface area contributed by atoms with E-state index < -0.39 is 30.3 Å². The molecule has 0 aromatic heterocycles. The Bertz CT molecular complexity index is 2090. The number of esters is 2. The Kier molecular flexibility index (Phi) is 59.7. The predicted molar refractivity (Wildman–Crippen MR) is 361 cm³/mol. The number of allylic oxidation sites excluding steroid dienone is 32. The summed E-state index contributed by atoms with van der Waals surface area (Å²) >= 11 is 0. The van der Waals surface area contributed by atoms with E-state index in [9.17, 15) is 19.5 Å². The van der Waals surface area contributed by atoms with Crippen molar-refractivity contribution in [1.82, 2.24) is 0 Å². The maximum absolute atomic E-state index is 12.9. The zero-order valence-electron chi connectivity index (χ0n) is 53.9. The number of hydrogen-bond acceptors (Lipinski definition) is 8. The average Bonchev–Trinajstić information content (AvgIpc) is 3.49. The molecule has 0 N–H and O–H groups in total. The number of unbranched alkanes of at least 4 members (excludes halogenated alkanes) is 10. The van der Waals surface area contributed by atoms with Crippen LogP contribution in [0.15, 0.2) is 194 Å². The van der Waals surface area contributed by atoms with Gasteiger partial charge in [-0.1, -0.05) is 260 Å². The van der Waals surface area contributed by atoms with Crippen molar-refractivity contribution in [3.05, 3.63) is 194 Å². The molecular weight excluding hydrogens is 1050 g/mol. The number of aliphatic carboxylic acids is 1. The maximum Gasteiger partial charge on any atom is 0.306 e. The third-order valence-corrected chi connectivity index (χ3v) is 12.9. The van der Waals surface area contributed by atoms with E-state index in [0.717, 1.165) is 128 Å². The minimum atomic E-state index is -1.65. The van der Waals surface area contributed by atoms with Crippen LogP contribution in [0.3, 0.4) is 0 Å². The molecule has 0 aromatic rings. The molecule has 85 heavy (non-hydrogen) atoms. The lowest BCUT2D eigenvalue weighted by Crippen LogP contribution is -2.44. The van der Waals surface area contributed by atoms with E-state index in [1.807, 2.05) is 33.3 Å². The number of carbonyl (C=O) groups is 3. The second-order valence-corrected chi connectivity index (χ2v) is 21.9. The zero-order valence-corrected chi connectivity index (χ0v) is 53.9. The number of likely N-dealkylation sites (N-methyl/N-ethyl adjacent to an activating group) is 1. The quantitative estimate of drug-likeness (QED) is 0.0195. The van der Waals surface area contributed by atoms with Crippen molar-refractivity contribution in [3.63, 3.8) is 0 Å². The molecule has 2 atom stereocenters. The SMILES string of the molecule is CC/C=C\C/C=C\C/C=C\C/C=C\C/C=C\C/C=C\C/C=C\C/C=C\C/C=C\C/C=C\CCCCCCCCCCCCC(=O)OC(COC(=O)CC/C=C\C/C=C\C/C=C\C/C=C\C/C=C\C/C=C\CC)COC(OCC[N+](C)(C)C)C(=O)[O-]. The lowest BCUT2D eigenvalue weighted by atomic mass is 10.0. The number of ether oxygens (including phenoxy) is 4. The molecule has 0 rings (SSSR count). The van der Waals surface area contributed by atoms with Gasteiger partial charge in [0.1, 0.15) is 13.2 Å². The fourth-order valence-electron chi connectivity index (χ4n) is 7.94. The molecule has 0 aliphatic rings. The summed E-state index contributed by atoms with van der Waals surface area (Å²) in [6.45, 7) is 4.39. The molecule has 9 heteroatoms. The van der Waals surface area contributed by atoms with Crippen LogP contribution in [0.4, 0.5) is 0 Å². The van der Waals surface area contributed by atoms with Crippen LogP contribution in [0.25, 0.3) is 0 Å². The molecule has 0 aliphatic heterocycles. The molecule has 474 valence electrons. The summed E-state index contributed by atoms with van der Waals surface area (Å²) in [5.41, 5.74) is 0. The average molecular weight is 1170 g/mol. The number of nitrogens with zero attached hydrogens (tertiary/aromatic N) is 1. The lowest BCUT2D eigenvalue weighted by Gasteiger charge is -2.26. The molecule has 0 radical (unpaired) electrons. The number of carboxylic acid groups (broad SMARTS) is 1. The van der Waals surface area contributed by atoms with Crippen molar-refractivity contribution in [1.29, 1.82) is 0 Å². The predicted octanol–water partition coefficient (Wildman–Crippen LogP) is 18.9. The highest BCUT2D eigenvalue weighted by Crippen LogP contribution is 2.14. The van der Waals surface area contributed by atoms with E-state index in [-0.39, 0.29) is 32.7 Å². The Balaban J connectivity index is 4.24. The summed E-state index contributed by atoms with van der Waals surface area (Å²) in [4.78, 5) is 37.3. The monoisotopic (exact) mass is 1170 g/mol. The highest BCUT2D eigenvalue weighted by Gasteiger charge is 2.22. The Labute approximate surface area is 519 Å². The molecular formula is C76H117NO8. The highest BCUT2D eigenvalue weighted by atomic mass is 16.7. The second kappa shape index (κ2) is 64.1. The number of carbonyl (C=O) groups excluding carboxylic acids is 3. The van der Waals surface area contributed by atoms with Crippen LogP contribution in [-0.2, 0) is 33.3 Å². The highest BCUT2D eigenvalue weighted by molar-refractivity contribution is 5.70. The fraction of sp³-hybridized carbons (Fsp3) is 0.539. The third-order valence-electron chi connectivity index (χ3n) is 12.9. The van der Waals surface area contributed by atoms with Crippen molar-refractivity contribution in [3.8, 4) is 0 Å². The normalized spacial score (nSPS) is 14.0. The molecule has 2 unspecified atom stereocenters. The van der Waals surface area contributed by atoms with Gasteiger partial charge in [-0.05, 0) is 128 Å². The van der Waals surface area contributed by atoms with Crippen LogP contribution in [0.5, 0.6) is 0 Å². The first kappa shape index (κ1) is 79.1. The van der Waals surface area contributed by atoms with Gasteiger partial charge < -0.3 is 33.3 Å². The van der Waals surface area contributed by atoms with Gasteiger partial charge in [-0.15, -0.1) is 0 Å². The molecule has 0 spiro atoms. The molecule has 9 nitrogen and oxygen atoms in total. The lowest BCUT2D eigenvalue weighted by molar-refractivity contribution is -0.870. The van der Waals surface area contributed by atoms with Gasteiger partial charge in [0, 0.05) is 12.8 Å². The molecule has 0 bridgehead atoms. The summed E-state index contributed by atoms with van der Waals surface area (Å²) in [5, 5.41) is 11.8. The van der Waals surface area contributed by atoms with Crippen molar-refractivity contribution < 1.29 is 42.9 Å². The van der Waals surface area contributed by atoms with E-state index in [1.54, 1.807) is 0 Å². The Morgan fingerprint density at radius 1 is 0.353 bits per heavy atom. The topological polar surface area (TPSA) is 111 Å². The van der Waals surface area contributed by atoms with E-state index >= 15 is 0 Å². The van der Waals surface area contributed by atoms with E-state index in [4.69, 9.17) is 18.9 Å². The van der Waals surface area contributed by atoms with Gasteiger partial charge in [0.2, 0.25) is 0 Å². The zero-order chi connectivity index (χ0) is 61.9. The standard InChI is InChI=1S/C76H117NO8/c1-6-8-10-12-14-16-18-20-22-24-26-27-28-29-30-31-32-33-34-35-36-37-38-39-40-41-42-43-44-45-46-47-49-51-53-55-57-59-61-63-65-67-74(79)85-72(71-84-76(75(80)81)82-69-68-77(3,4)5)70-83-73(78)66-64-62-60-58-56-54-52-50-48-25-23-21-19-17-15-13-11-9-7-2/h8-11,14-17,20-23,26-27,29-30,32-33,35-36,38-39,41-42,44-45,48,50,54,56,60,62,72,76H,6-7,12-13,18-19,24-25,28,31,34,37,40,43,46-47,49,51-53,55,57-59,61,63-71H2,1-5H3/b10-8-,11-9-,16-14-,17-15-,22-20-,23-21-,27-26-,30-29-,33-32-,36-35-,39-38-,42-41-,45-44-,50-48-,56-54-,62-60-. The van der Waals surface area contributed by atoms with Crippen LogP contribution < -0.4 is 5.11 Å². The van der Waals surface area contributed by atoms with Crippen molar-refractivity contribution in [2.24, 2.45) is 0 Å². The Morgan fingerprint density at radius 2 is 0.659 bits per heavy atom. The Morgan fingerprint density at radius 3 is 0.988 bits per heavy atom. The molecule has 0 saturated heterocycles. The largest absolute Gasteiger partial charge is 0.545 e. The summed E-state index contributed by atoms with van der Waals surface area (Å²) in [5.74, 6) is -2.42. The van der Waals surface area contributed by atoms with Gasteiger partial charge in [0.15, 0.2) is 12.4 Å². The van der Waals surface area contributed by atoms with Gasteiger partial charge in [0.25, 0.3) is 0 Å². The molecule has 0 amide bonds. The summed E-state index contributed by atoms with van der Waals surface area (Å²) in [6, 6.07) is 0. The molecule has 0 saturated carbocycles. The molecule has 0 fully saturated rings. The molecule has 0 heterocycles. The van der Waals surface area contributed by atoms with Gasteiger partial charge in [0.05, 0.1) is 40.3 Å². The van der Waals surface area contributed by atoms with E-state index in [2.05, 4.69) is 196 Å². The maximum atomic E-state index is 12.9. The molecule has 0 aromatic carbocycles. The van der Waals surface area contributed by atoms with E-state index in [0.29, 0.717) is 23.9 Å². The van der Waals surface area contributed by atoms with Crippen LogP contribution in [-0.4, -0.2) is 82.3 Å². The Hall–Kier alpha value is -5.87. The van der Waals surface area contributed by atoms with Gasteiger partial charge >= 0.3 is 11.9 Å². The van der Waals surface area contributed by atoms with Gasteiger partial charge in [-0.2, -0.15) is 0 Å². The summed E-state index contributed by atoms with van der Waals surface area (Å²) < 4.78 is 22.6. The van der Waals surface area contributed by atoms with Crippen LogP contribution in [0.1, 0.15) is 206 Å². The summed E-state index contributed by atoms with van der Waals surface area (Å²) in [6.07, 6.45) is 96.6. The van der Waals surface area contributed by atoms with Crippen molar-refractivity contribution in [2.45, 2.75) is 219 Å². The van der Waals surface area contributed by atoms with E-state index in [1.165, 1.54) is 38.5 Å². The minimum Gasteiger partial charge on any atom is -0.545 e. The van der Waals surface area contributed by atoms with Crippen molar-refractivity contribution in [2.75, 3.05) is 47.5 Å². The minimum absolute atomic E-state index is 0.125. The van der Waals surface area contributed by atoms with Gasteiger partial charge in [-0.25, -0.2) is 0 Å². The first-order valence-corrected chi connectivity index (χ1v) is 32.6. The van der Waals surface area contributed by atoms with Crippen LogP contribution in [0, 0.1) is 0 Å².